The molecular formula is C22H23FN4O4S2. The van der Waals surface area contributed by atoms with Gasteiger partial charge < -0.3 is 9.84 Å². The monoisotopic (exact) mass is 490 g/mol. The number of nitrogens with zero attached hydrogens (tertiary/aromatic N) is 3. The zero-order valence-corrected chi connectivity index (χ0v) is 19.7. The van der Waals surface area contributed by atoms with E-state index in [-0.39, 0.29) is 35.3 Å². The number of hydrogen-bond acceptors (Lipinski definition) is 7. The van der Waals surface area contributed by atoms with Gasteiger partial charge in [-0.3, -0.25) is 4.79 Å². The van der Waals surface area contributed by atoms with Gasteiger partial charge in [-0.15, -0.1) is 11.3 Å². The van der Waals surface area contributed by atoms with Crippen LogP contribution in [0.2, 0.25) is 0 Å². The van der Waals surface area contributed by atoms with Gasteiger partial charge in [0.1, 0.15) is 11.5 Å². The van der Waals surface area contributed by atoms with Gasteiger partial charge in [0.2, 0.25) is 15.9 Å². The molecule has 1 atom stereocenters. The minimum absolute atomic E-state index is 0.0144. The quantitative estimate of drug-likeness (QED) is 0.558. The lowest BCUT2D eigenvalue weighted by Crippen LogP contribution is -2.43. The molecule has 0 bridgehead atoms. The summed E-state index contributed by atoms with van der Waals surface area (Å²) in [6.45, 7) is 3.69. The fourth-order valence-electron chi connectivity index (χ4n) is 3.70. The molecule has 1 N–H and O–H groups in total. The Labute approximate surface area is 195 Å². The van der Waals surface area contributed by atoms with Gasteiger partial charge in [-0.05, 0) is 44.9 Å². The van der Waals surface area contributed by atoms with Crippen LogP contribution in [0.1, 0.15) is 35.6 Å². The number of carbonyl (C=O) groups is 1. The van der Waals surface area contributed by atoms with Gasteiger partial charge in [0.25, 0.3) is 0 Å². The fraction of sp³-hybridized carbons (Fsp3) is 0.318. The summed E-state index contributed by atoms with van der Waals surface area (Å²) in [5.74, 6) is -1.18. The SMILES string of the molecule is Cc1csc(NC(=O)C2CCCN(S(=O)(=O)c3c(C)noc3C=Cc3ccccc3F)C2)n1. The molecule has 0 saturated carbocycles. The van der Waals surface area contributed by atoms with Crippen molar-refractivity contribution in [1.82, 2.24) is 14.4 Å². The summed E-state index contributed by atoms with van der Waals surface area (Å²) in [6.07, 6.45) is 3.95. The molecule has 0 radical (unpaired) electrons. The molecule has 1 saturated heterocycles. The van der Waals surface area contributed by atoms with Crippen LogP contribution >= 0.6 is 11.3 Å². The number of anilines is 1. The van der Waals surface area contributed by atoms with E-state index in [9.17, 15) is 17.6 Å². The number of aryl methyl sites for hydroxylation is 2. The van der Waals surface area contributed by atoms with Crippen LogP contribution in [0, 0.1) is 25.6 Å². The lowest BCUT2D eigenvalue weighted by Gasteiger charge is -2.30. The standard InChI is InChI=1S/C22H23FN4O4S2/c1-14-13-32-22(24-14)25-21(28)17-7-5-11-27(12-17)33(29,30)20-15(2)26-31-19(20)10-9-16-6-3-4-8-18(16)23/h3-4,6,8-10,13,17H,5,7,11-12H2,1-2H3,(H,24,25,28). The maximum Gasteiger partial charge on any atom is 0.248 e. The number of sulfonamides is 1. The lowest BCUT2D eigenvalue weighted by molar-refractivity contribution is -0.120. The molecule has 1 amide bonds. The Balaban J connectivity index is 1.55. The first-order chi connectivity index (χ1) is 15.8. The number of carbonyl (C=O) groups excluding carboxylic acids is 1. The lowest BCUT2D eigenvalue weighted by atomic mass is 9.99. The van der Waals surface area contributed by atoms with E-state index in [2.05, 4.69) is 15.5 Å². The summed E-state index contributed by atoms with van der Waals surface area (Å²) in [7, 11) is -3.99. The van der Waals surface area contributed by atoms with E-state index in [1.165, 1.54) is 40.8 Å². The molecule has 3 heterocycles. The molecule has 1 aliphatic heterocycles. The third-order valence-corrected chi connectivity index (χ3v) is 8.25. The second-order valence-corrected chi connectivity index (χ2v) is 10.5. The first-order valence-electron chi connectivity index (χ1n) is 10.4. The molecule has 1 aromatic carbocycles. The van der Waals surface area contributed by atoms with Crippen molar-refractivity contribution in [1.29, 1.82) is 0 Å². The predicted molar refractivity (Wildman–Crippen MR) is 124 cm³/mol. The Kier molecular flexibility index (Phi) is 6.73. The molecule has 11 heteroatoms. The van der Waals surface area contributed by atoms with Gasteiger partial charge in [-0.1, -0.05) is 23.4 Å². The van der Waals surface area contributed by atoms with Gasteiger partial charge in [0.05, 0.1) is 11.6 Å². The first-order valence-corrected chi connectivity index (χ1v) is 12.7. The number of rotatable bonds is 6. The minimum Gasteiger partial charge on any atom is -0.355 e. The zero-order chi connectivity index (χ0) is 23.6. The molecule has 0 spiro atoms. The first kappa shape index (κ1) is 23.3. The largest absolute Gasteiger partial charge is 0.355 e. The number of amides is 1. The summed E-state index contributed by atoms with van der Waals surface area (Å²) in [6, 6.07) is 6.13. The maximum atomic E-state index is 13.9. The van der Waals surface area contributed by atoms with E-state index in [1.807, 2.05) is 12.3 Å². The van der Waals surface area contributed by atoms with E-state index in [4.69, 9.17) is 4.52 Å². The van der Waals surface area contributed by atoms with Crippen LogP contribution in [0.25, 0.3) is 12.2 Å². The second-order valence-electron chi connectivity index (χ2n) is 7.80. The fourth-order valence-corrected chi connectivity index (χ4v) is 6.16. The maximum absolute atomic E-state index is 13.9. The zero-order valence-electron chi connectivity index (χ0n) is 18.1. The molecule has 33 heavy (non-hydrogen) atoms. The van der Waals surface area contributed by atoms with Crippen molar-refractivity contribution in [2.45, 2.75) is 31.6 Å². The van der Waals surface area contributed by atoms with Gasteiger partial charge in [0.15, 0.2) is 15.8 Å². The molecule has 2 aromatic heterocycles. The Hall–Kier alpha value is -2.89. The van der Waals surface area contributed by atoms with Gasteiger partial charge >= 0.3 is 0 Å². The molecule has 3 aromatic rings. The van der Waals surface area contributed by atoms with E-state index in [0.29, 0.717) is 23.5 Å². The molecule has 4 rings (SSSR count). The average molecular weight is 491 g/mol. The van der Waals surface area contributed by atoms with Crippen molar-refractivity contribution in [3.63, 3.8) is 0 Å². The van der Waals surface area contributed by atoms with Crippen molar-refractivity contribution in [2.24, 2.45) is 5.92 Å². The number of thiazole rings is 1. The Morgan fingerprint density at radius 1 is 1.30 bits per heavy atom. The van der Waals surface area contributed by atoms with Crippen LogP contribution in [0.5, 0.6) is 0 Å². The number of benzene rings is 1. The molecule has 1 aliphatic rings. The van der Waals surface area contributed by atoms with Gasteiger partial charge in [-0.25, -0.2) is 17.8 Å². The number of nitrogens with one attached hydrogen (secondary N) is 1. The Morgan fingerprint density at radius 3 is 2.82 bits per heavy atom. The van der Waals surface area contributed by atoms with Crippen LogP contribution in [0.4, 0.5) is 9.52 Å². The molecule has 1 unspecified atom stereocenters. The number of hydrogen-bond donors (Lipinski definition) is 1. The summed E-state index contributed by atoms with van der Waals surface area (Å²) >= 11 is 1.32. The molecule has 8 nitrogen and oxygen atoms in total. The Morgan fingerprint density at radius 2 is 2.09 bits per heavy atom. The molecule has 1 fully saturated rings. The summed E-state index contributed by atoms with van der Waals surface area (Å²) in [5.41, 5.74) is 1.30. The smallest absolute Gasteiger partial charge is 0.248 e. The van der Waals surface area contributed by atoms with E-state index in [1.54, 1.807) is 18.2 Å². The number of halogens is 1. The van der Waals surface area contributed by atoms with E-state index in [0.717, 1.165) is 5.69 Å². The topological polar surface area (TPSA) is 105 Å². The van der Waals surface area contributed by atoms with Crippen LogP contribution in [-0.2, 0) is 14.8 Å². The van der Waals surface area contributed by atoms with Crippen molar-refractivity contribution in [2.75, 3.05) is 18.4 Å². The van der Waals surface area contributed by atoms with Crippen molar-refractivity contribution in [3.05, 3.63) is 58.2 Å². The average Bonchev–Trinajstić information content (AvgIpc) is 3.38. The third-order valence-electron chi connectivity index (χ3n) is 5.35. The van der Waals surface area contributed by atoms with Crippen molar-refractivity contribution in [3.8, 4) is 0 Å². The summed E-state index contributed by atoms with van der Waals surface area (Å²) < 4.78 is 47.4. The number of aromatic nitrogens is 2. The second kappa shape index (κ2) is 9.54. The van der Waals surface area contributed by atoms with E-state index >= 15 is 0 Å². The third kappa shape index (κ3) is 5.05. The highest BCUT2D eigenvalue weighted by Gasteiger charge is 2.37. The van der Waals surface area contributed by atoms with E-state index < -0.39 is 21.8 Å². The van der Waals surface area contributed by atoms with Crippen LogP contribution < -0.4 is 5.32 Å². The van der Waals surface area contributed by atoms with Gasteiger partial charge in [0, 0.05) is 24.0 Å². The normalized spacial score (nSPS) is 17.5. The van der Waals surface area contributed by atoms with Crippen LogP contribution in [0.15, 0.2) is 39.1 Å². The Bertz CT molecular complexity index is 1300. The molecule has 174 valence electrons. The highest BCUT2D eigenvalue weighted by molar-refractivity contribution is 7.89. The summed E-state index contributed by atoms with van der Waals surface area (Å²) in [4.78, 5) is 16.9. The van der Waals surface area contributed by atoms with Crippen LogP contribution in [-0.4, -0.2) is 41.9 Å². The summed E-state index contributed by atoms with van der Waals surface area (Å²) in [5, 5.41) is 8.91. The van der Waals surface area contributed by atoms with Gasteiger partial charge in [-0.2, -0.15) is 4.31 Å². The van der Waals surface area contributed by atoms with Crippen LogP contribution in [0.3, 0.4) is 0 Å². The van der Waals surface area contributed by atoms with Crippen molar-refractivity contribution < 1.29 is 22.1 Å². The number of piperidine rings is 1. The highest BCUT2D eigenvalue weighted by atomic mass is 32.2. The minimum atomic E-state index is -3.99. The molecular weight excluding hydrogens is 467 g/mol. The highest BCUT2D eigenvalue weighted by Crippen LogP contribution is 2.30. The predicted octanol–water partition coefficient (Wildman–Crippen LogP) is 4.10. The van der Waals surface area contributed by atoms with Crippen molar-refractivity contribution >= 4 is 44.6 Å². The molecule has 0 aliphatic carbocycles.